The maximum atomic E-state index is 13.7. The van der Waals surface area contributed by atoms with E-state index in [1.165, 1.54) is 100 Å². The zero-order valence-electron chi connectivity index (χ0n) is 63.8. The average molecular weight is 1580 g/mol. The number of rotatable bonds is 30. The number of hydrogen-bond donors (Lipinski definition) is 13. The number of benzene rings is 3. The van der Waals surface area contributed by atoms with Gasteiger partial charge in [-0.25, -0.2) is 19.8 Å². The topological polar surface area (TPSA) is 446 Å². The number of anilines is 7. The highest BCUT2D eigenvalue weighted by Gasteiger charge is 2.27. The summed E-state index contributed by atoms with van der Waals surface area (Å²) in [6, 6.07) is 22.6. The Kier molecular flexibility index (Phi) is 24.0. The van der Waals surface area contributed by atoms with Gasteiger partial charge in [0.2, 0.25) is 5.82 Å². The third-order valence-corrected chi connectivity index (χ3v) is 18.8. The van der Waals surface area contributed by atoms with Gasteiger partial charge in [-0.05, 0) is 118 Å². The number of nitrogens with zero attached hydrogens (tertiary/aromatic N) is 13. The van der Waals surface area contributed by atoms with Gasteiger partial charge in [-0.15, -0.1) is 12.6 Å². The fraction of sp³-hybridized carbons (Fsp3) is 0.231. The van der Waals surface area contributed by atoms with Crippen LogP contribution in [-0.4, -0.2) is 171 Å². The highest BCUT2D eigenvalue weighted by atomic mass is 32.1. The molecule has 1 aliphatic heterocycles. The van der Waals surface area contributed by atoms with Crippen molar-refractivity contribution >= 4 is 134 Å². The maximum absolute atomic E-state index is 13.7. The Morgan fingerprint density at radius 3 is 1.53 bits per heavy atom. The summed E-state index contributed by atoms with van der Waals surface area (Å²) in [5.74, 6) is -4.96. The van der Waals surface area contributed by atoms with Crippen molar-refractivity contribution in [1.29, 1.82) is 0 Å². The summed E-state index contributed by atoms with van der Waals surface area (Å²) in [6.45, 7) is 2.29. The van der Waals surface area contributed by atoms with Crippen molar-refractivity contribution in [3.8, 4) is 28.2 Å². The highest BCUT2D eigenvalue weighted by molar-refractivity contribution is 7.97. The second-order valence-electron chi connectivity index (χ2n) is 27.3. The van der Waals surface area contributed by atoms with Crippen molar-refractivity contribution in [1.82, 2.24) is 62.0 Å². The fourth-order valence-electron chi connectivity index (χ4n) is 12.9. The molecule has 8 amide bonds. The third kappa shape index (κ3) is 18.9. The molecule has 12 rings (SSSR count). The zero-order valence-corrected chi connectivity index (χ0v) is 64.7. The molecule has 0 unspecified atom stereocenters. The van der Waals surface area contributed by atoms with Crippen LogP contribution in [0.3, 0.4) is 0 Å². The van der Waals surface area contributed by atoms with Crippen LogP contribution in [0, 0.1) is 0 Å². The fourth-order valence-corrected chi connectivity index (χ4v) is 13.2. The summed E-state index contributed by atoms with van der Waals surface area (Å²) in [5, 5.41) is 57.5. The molecule has 0 spiro atoms. The summed E-state index contributed by atoms with van der Waals surface area (Å²) in [7, 11) is 15.1. The van der Waals surface area contributed by atoms with Crippen molar-refractivity contribution in [3.63, 3.8) is 0 Å². The van der Waals surface area contributed by atoms with E-state index >= 15 is 0 Å². The number of carbonyl (C=O) groups excluding carboxylic acids is 8. The molecule has 36 nitrogen and oxygen atoms in total. The number of aromatic hydroxyl groups is 1. The van der Waals surface area contributed by atoms with Crippen LogP contribution in [0.15, 0.2) is 166 Å². The van der Waals surface area contributed by atoms with E-state index in [2.05, 4.69) is 85.3 Å². The predicted octanol–water partition coefficient (Wildman–Crippen LogP) is 8.62. The number of amidine groups is 1. The Bertz CT molecular complexity index is 5910. The standard InChI is InChI=1S/C78H82N22O14S/c1-92(25-12-22-82-78(115)89-43-14-17-52(55(27-43)77(112)113)66-53-18-15-50(101)34-62(53)114-63-35-51(102)16-19-54(63)66)24-11-21-81-70(105)57-30-46(38-95(57)4)84-72(107)59-32-48(40-97(59)6)87-73(108)60-31-47(39-98(60)7)86-71(106)58-28-44(36-96(58)5)83-65(103)13-10-20-80-69(104)56-29-45(37-94(56)3)85-74(109)61-33-49(41-99(61)8)88-76(111)68-90-64(42-100(68)9)91-75(110)67-79-23-26-93(67)2/h14-19,23,26-42,101H,10-13,20-22,24-25H2,1-9H3,(H,80,104)(H,81,105)(H,83,103)(H,84,107)(H,85,109)(H,86,106)(H,87,108)(H,88,111)(H,91,110)(H,112,113)(H2,82,89,115). The third-order valence-electron chi connectivity index (χ3n) is 18.6. The van der Waals surface area contributed by atoms with Crippen molar-refractivity contribution in [3.05, 3.63) is 208 Å². The molecule has 594 valence electrons. The molecule has 2 aliphatic rings. The molecule has 0 saturated heterocycles. The summed E-state index contributed by atoms with van der Waals surface area (Å²) < 4.78 is 18.2. The van der Waals surface area contributed by atoms with Crippen LogP contribution in [0.5, 0.6) is 5.75 Å². The summed E-state index contributed by atoms with van der Waals surface area (Å²) in [6.07, 6.45) is 15.6. The van der Waals surface area contributed by atoms with Crippen LogP contribution in [0.25, 0.3) is 33.4 Å². The molecular weight excluding hydrogens is 1500 g/mol. The summed E-state index contributed by atoms with van der Waals surface area (Å²) in [4.78, 5) is 151. The van der Waals surface area contributed by atoms with Crippen molar-refractivity contribution in [2.75, 3.05) is 77.0 Å². The number of carboxylic acid groups (broad SMARTS) is 1. The molecule has 0 bridgehead atoms. The number of aryl methyl sites for hydroxylation is 8. The van der Waals surface area contributed by atoms with Gasteiger partial charge in [-0.1, -0.05) is 6.07 Å². The number of nitrogens with one attached hydrogen (secondary N) is 9. The Hall–Kier alpha value is -14.5. The quantitative estimate of drug-likeness (QED) is 0.00658. The predicted molar refractivity (Wildman–Crippen MR) is 435 cm³/mol. The van der Waals surface area contributed by atoms with E-state index in [-0.39, 0.29) is 110 Å². The van der Waals surface area contributed by atoms with Gasteiger partial charge in [-0.2, -0.15) is 0 Å². The number of imidazole rings is 2. The van der Waals surface area contributed by atoms with E-state index in [0.717, 1.165) is 0 Å². The van der Waals surface area contributed by atoms with E-state index in [4.69, 9.17) is 4.42 Å². The van der Waals surface area contributed by atoms with Crippen LogP contribution in [-0.2, 0) is 56.4 Å². The van der Waals surface area contributed by atoms with E-state index in [0.29, 0.717) is 107 Å². The number of aromatic nitrogens is 10. The van der Waals surface area contributed by atoms with Gasteiger partial charge in [-0.3, -0.25) is 48.1 Å². The minimum Gasteiger partial charge on any atom is -0.508 e. The molecule has 0 atom stereocenters. The first-order valence-corrected chi connectivity index (χ1v) is 36.3. The van der Waals surface area contributed by atoms with Crippen LogP contribution in [0.2, 0.25) is 0 Å². The van der Waals surface area contributed by atoms with Crippen molar-refractivity contribution < 1.29 is 62.9 Å². The number of aliphatic imine (C=N–C) groups is 2. The van der Waals surface area contributed by atoms with E-state index in [1.54, 1.807) is 139 Å². The Morgan fingerprint density at radius 2 is 0.991 bits per heavy atom. The zero-order chi connectivity index (χ0) is 82.2. The number of aromatic carboxylic acids is 1. The van der Waals surface area contributed by atoms with Gasteiger partial charge in [0.25, 0.3) is 47.3 Å². The molecule has 9 heterocycles. The van der Waals surface area contributed by atoms with Crippen LogP contribution >= 0.6 is 12.6 Å². The van der Waals surface area contributed by atoms with Crippen molar-refractivity contribution in [2.24, 2.45) is 66.4 Å². The average Bonchev–Trinajstić information content (AvgIpc) is 1.34. The molecular formula is C78H82N22O14S. The van der Waals surface area contributed by atoms with E-state index in [1.807, 2.05) is 7.05 Å². The Balaban J connectivity index is 0.542. The minimum atomic E-state index is -1.19. The number of aliphatic hydroxyl groups is 1. The number of phenols is 1. The highest BCUT2D eigenvalue weighted by Crippen LogP contribution is 2.43. The number of hydrogen-bond acceptors (Lipinski definition) is 17. The number of aliphatic hydroxyl groups excluding tert-OH is 1. The molecule has 0 radical (unpaired) electrons. The number of fused-ring (bicyclic) bond motifs is 2. The molecule has 0 fully saturated rings. The van der Waals surface area contributed by atoms with Crippen molar-refractivity contribution in [2.45, 2.75) is 25.7 Å². The second kappa shape index (κ2) is 34.4. The lowest BCUT2D eigenvalue weighted by Crippen LogP contribution is -2.29. The first-order chi connectivity index (χ1) is 54.9. The molecule has 2 aromatic carbocycles. The first-order valence-electron chi connectivity index (χ1n) is 35.9. The summed E-state index contributed by atoms with van der Waals surface area (Å²) in [5.41, 5.74) is 5.00. The van der Waals surface area contributed by atoms with Gasteiger partial charge >= 0.3 is 5.97 Å². The number of thiol groups is 1. The maximum Gasteiger partial charge on any atom is 0.336 e. The Labute approximate surface area is 660 Å². The van der Waals surface area contributed by atoms with Crippen LogP contribution in [0.4, 0.5) is 45.6 Å². The van der Waals surface area contributed by atoms with Gasteiger partial charge in [0.05, 0.1) is 39.7 Å². The second-order valence-corrected chi connectivity index (χ2v) is 27.8. The van der Waals surface area contributed by atoms with Gasteiger partial charge in [0, 0.05) is 173 Å². The molecule has 10 aromatic rings. The van der Waals surface area contributed by atoms with E-state index < -0.39 is 47.3 Å². The minimum absolute atomic E-state index is 0.00813. The SMILES string of the molecule is CN(CCCN=C(S)Nc1ccc(-c2c3ccc(=O)cc-3oc3cc(O)ccc23)c(C(=O)O)c1)CCCNC(=O)c1cc(NC(=O)c2cc(NC(=O)c3cc(NC(=O)c4cc(N=C(O)CCCNC(=O)c5cc(NC(=O)c6cc(NC(=O)c7nc(NC(=O)c8nccn8C)cn7C)cn6C)cn5C)cn4C)cn3C)cn2C)cn1C. The van der Waals surface area contributed by atoms with Crippen LogP contribution < -0.4 is 53.3 Å². The molecule has 8 aromatic heterocycles. The lowest BCUT2D eigenvalue weighted by atomic mass is 9.90. The van der Waals surface area contributed by atoms with Gasteiger partial charge < -0.3 is 109 Å². The number of amides is 8. The van der Waals surface area contributed by atoms with Gasteiger partial charge in [0.1, 0.15) is 51.3 Å². The number of phenolic OH excluding ortho intramolecular Hbond substituents is 1. The molecule has 12 N–H and O–H groups in total. The molecule has 37 heteroatoms. The smallest absolute Gasteiger partial charge is 0.336 e. The monoisotopic (exact) mass is 1580 g/mol. The largest absolute Gasteiger partial charge is 0.508 e. The first kappa shape index (κ1) is 80.0. The van der Waals surface area contributed by atoms with Crippen LogP contribution in [0.1, 0.15) is 120 Å². The molecule has 1 aliphatic carbocycles. The lowest BCUT2D eigenvalue weighted by molar-refractivity contribution is 0.0695. The number of carbonyl (C=O) groups is 9. The number of carboxylic acids is 1. The Morgan fingerprint density at radius 1 is 0.496 bits per heavy atom. The molecule has 0 saturated carbocycles. The lowest BCUT2D eigenvalue weighted by Gasteiger charge is -2.17. The van der Waals surface area contributed by atoms with E-state index in [9.17, 15) is 63.3 Å². The summed E-state index contributed by atoms with van der Waals surface area (Å²) >= 11 is 4.51. The van der Waals surface area contributed by atoms with Gasteiger partial charge in [0.15, 0.2) is 28.1 Å². The molecule has 115 heavy (non-hydrogen) atoms. The normalized spacial score (nSPS) is 11.6.